The third-order valence-corrected chi connectivity index (χ3v) is 2.35. The summed E-state index contributed by atoms with van der Waals surface area (Å²) in [5.41, 5.74) is 1.93. The monoisotopic (exact) mass is 244 g/mol. The molecule has 1 aromatic heterocycles. The van der Waals surface area contributed by atoms with Crippen LogP contribution in [0.15, 0.2) is 6.33 Å². The van der Waals surface area contributed by atoms with Crippen LogP contribution in [-0.2, 0) is 0 Å². The molecule has 0 radical (unpaired) electrons. The van der Waals surface area contributed by atoms with Gasteiger partial charge in [0, 0.05) is 12.3 Å². The largest absolute Gasteiger partial charge is 0.363 e. The van der Waals surface area contributed by atoms with E-state index in [4.69, 9.17) is 5.84 Å². The number of nitrogens with two attached hydrogens (primary N) is 1. The lowest BCUT2D eigenvalue weighted by Gasteiger charge is -2.06. The minimum absolute atomic E-state index is 0.00773. The summed E-state index contributed by atoms with van der Waals surface area (Å²) in [6, 6.07) is 0. The van der Waals surface area contributed by atoms with Crippen molar-refractivity contribution in [1.29, 1.82) is 0 Å². The van der Waals surface area contributed by atoms with Gasteiger partial charge in [-0.25, -0.2) is 15.8 Å². The molecule has 0 aromatic carbocycles. The topological polar surface area (TPSA) is 119 Å². The Balaban J connectivity index is 2.93. The molecule has 1 aromatic rings. The number of aromatic nitrogens is 2. The second kappa shape index (κ2) is 6.08. The summed E-state index contributed by atoms with van der Waals surface area (Å²) in [5, 5.41) is 13.7. The highest BCUT2D eigenvalue weighted by molar-refractivity contribution is 7.98. The van der Waals surface area contributed by atoms with Gasteiger partial charge < -0.3 is 10.7 Å². The predicted molar refractivity (Wildman–Crippen MR) is 63.4 cm³/mol. The summed E-state index contributed by atoms with van der Waals surface area (Å²) in [4.78, 5) is 17.7. The summed E-state index contributed by atoms with van der Waals surface area (Å²) in [6.45, 7) is 0.586. The number of anilines is 2. The first-order valence-electron chi connectivity index (χ1n) is 4.39. The van der Waals surface area contributed by atoms with E-state index in [9.17, 15) is 10.1 Å². The third-order valence-electron chi connectivity index (χ3n) is 1.74. The molecular weight excluding hydrogens is 232 g/mol. The lowest BCUT2D eigenvalue weighted by Crippen LogP contribution is -2.14. The Bertz CT molecular complexity index is 374. The van der Waals surface area contributed by atoms with E-state index in [0.29, 0.717) is 6.54 Å². The van der Waals surface area contributed by atoms with Gasteiger partial charge in [-0.3, -0.25) is 10.1 Å². The second-order valence-corrected chi connectivity index (χ2v) is 3.73. The zero-order valence-corrected chi connectivity index (χ0v) is 9.45. The molecule has 0 atom stereocenters. The second-order valence-electron chi connectivity index (χ2n) is 2.74. The molecule has 4 N–H and O–H groups in total. The first-order chi connectivity index (χ1) is 7.70. The number of hydrogen-bond donors (Lipinski definition) is 3. The number of nitro groups is 1. The SMILES string of the molecule is CSCCNc1ncnc(NN)c1[N+](=O)[O-]. The Hall–Kier alpha value is -1.61. The first kappa shape index (κ1) is 12.5. The van der Waals surface area contributed by atoms with Crippen LogP contribution in [0.3, 0.4) is 0 Å². The molecule has 16 heavy (non-hydrogen) atoms. The lowest BCUT2D eigenvalue weighted by molar-refractivity contribution is -0.383. The van der Waals surface area contributed by atoms with Crippen molar-refractivity contribution < 1.29 is 4.92 Å². The van der Waals surface area contributed by atoms with Crippen molar-refractivity contribution in [2.45, 2.75) is 0 Å². The normalized spacial score (nSPS) is 9.88. The molecule has 0 aliphatic carbocycles. The highest BCUT2D eigenvalue weighted by Crippen LogP contribution is 2.27. The molecular formula is C7H12N6O2S. The van der Waals surface area contributed by atoms with E-state index >= 15 is 0 Å². The van der Waals surface area contributed by atoms with E-state index in [1.807, 2.05) is 6.26 Å². The van der Waals surface area contributed by atoms with Gasteiger partial charge in [0.05, 0.1) is 4.92 Å². The summed E-state index contributed by atoms with van der Waals surface area (Å²) < 4.78 is 0. The van der Waals surface area contributed by atoms with Crippen LogP contribution in [0.1, 0.15) is 0 Å². The number of nitrogens with one attached hydrogen (secondary N) is 2. The predicted octanol–water partition coefficient (Wildman–Crippen LogP) is 0.445. The summed E-state index contributed by atoms with van der Waals surface area (Å²) in [6.07, 6.45) is 3.16. The van der Waals surface area contributed by atoms with Crippen molar-refractivity contribution >= 4 is 29.1 Å². The zero-order valence-electron chi connectivity index (χ0n) is 8.64. The minimum atomic E-state index is -0.573. The molecule has 88 valence electrons. The minimum Gasteiger partial charge on any atom is -0.363 e. The molecule has 8 nitrogen and oxygen atoms in total. The van der Waals surface area contributed by atoms with Crippen LogP contribution in [0.25, 0.3) is 0 Å². The Morgan fingerprint density at radius 2 is 2.25 bits per heavy atom. The van der Waals surface area contributed by atoms with Gasteiger partial charge in [-0.05, 0) is 6.26 Å². The van der Waals surface area contributed by atoms with Crippen LogP contribution in [0.2, 0.25) is 0 Å². The molecule has 0 saturated heterocycles. The third kappa shape index (κ3) is 2.94. The van der Waals surface area contributed by atoms with Crippen molar-refractivity contribution in [1.82, 2.24) is 9.97 Å². The molecule has 0 spiro atoms. The van der Waals surface area contributed by atoms with Gasteiger partial charge in [0.2, 0.25) is 11.6 Å². The van der Waals surface area contributed by atoms with Crippen molar-refractivity contribution in [3.8, 4) is 0 Å². The molecule has 0 aliphatic rings. The fourth-order valence-corrected chi connectivity index (χ4v) is 1.36. The van der Waals surface area contributed by atoms with E-state index in [2.05, 4.69) is 20.7 Å². The Kier molecular flexibility index (Phi) is 4.73. The van der Waals surface area contributed by atoms with Gasteiger partial charge in [-0.1, -0.05) is 0 Å². The van der Waals surface area contributed by atoms with E-state index in [0.717, 1.165) is 5.75 Å². The van der Waals surface area contributed by atoms with Gasteiger partial charge in [0.1, 0.15) is 6.33 Å². The standard InChI is InChI=1S/C7H12N6O2S/c1-16-3-2-9-6-5(13(14)15)7(12-8)11-4-10-6/h4H,2-3,8H2,1H3,(H2,9,10,11,12). The molecule has 9 heteroatoms. The molecule has 0 aliphatic heterocycles. The van der Waals surface area contributed by atoms with Crippen LogP contribution in [0, 0.1) is 10.1 Å². The van der Waals surface area contributed by atoms with Gasteiger partial charge in [0.25, 0.3) is 0 Å². The number of hydrazine groups is 1. The maximum atomic E-state index is 10.8. The summed E-state index contributed by atoms with van der Waals surface area (Å²) >= 11 is 1.63. The fourth-order valence-electron chi connectivity index (χ4n) is 1.06. The molecule has 0 saturated carbocycles. The molecule has 1 rings (SSSR count). The molecule has 0 unspecified atom stereocenters. The van der Waals surface area contributed by atoms with Crippen LogP contribution < -0.4 is 16.6 Å². The van der Waals surface area contributed by atoms with Crippen LogP contribution in [0.5, 0.6) is 0 Å². The van der Waals surface area contributed by atoms with E-state index in [-0.39, 0.29) is 17.3 Å². The zero-order chi connectivity index (χ0) is 12.0. The fraction of sp³-hybridized carbons (Fsp3) is 0.429. The number of hydrogen-bond acceptors (Lipinski definition) is 8. The molecule has 0 fully saturated rings. The van der Waals surface area contributed by atoms with E-state index in [1.165, 1.54) is 6.33 Å². The van der Waals surface area contributed by atoms with Gasteiger partial charge in [-0.2, -0.15) is 11.8 Å². The average Bonchev–Trinajstić information content (AvgIpc) is 2.28. The van der Waals surface area contributed by atoms with Crippen molar-refractivity contribution in [2.75, 3.05) is 29.3 Å². The van der Waals surface area contributed by atoms with Gasteiger partial charge >= 0.3 is 5.69 Å². The van der Waals surface area contributed by atoms with E-state index in [1.54, 1.807) is 11.8 Å². The highest BCUT2D eigenvalue weighted by atomic mass is 32.2. The average molecular weight is 244 g/mol. The smallest absolute Gasteiger partial charge is 0.354 e. The van der Waals surface area contributed by atoms with Crippen LogP contribution in [-0.4, -0.2) is 33.4 Å². The Labute approximate surface area is 96.2 Å². The van der Waals surface area contributed by atoms with Crippen molar-refractivity contribution in [3.05, 3.63) is 16.4 Å². The first-order valence-corrected chi connectivity index (χ1v) is 5.79. The maximum Gasteiger partial charge on any atom is 0.354 e. The highest BCUT2D eigenvalue weighted by Gasteiger charge is 2.21. The molecule has 0 amide bonds. The summed E-state index contributed by atoms with van der Waals surface area (Å²) in [5.74, 6) is 6.12. The quantitative estimate of drug-likeness (QED) is 0.285. The maximum absolute atomic E-state index is 10.8. The lowest BCUT2D eigenvalue weighted by atomic mass is 10.4. The van der Waals surface area contributed by atoms with Crippen LogP contribution in [0.4, 0.5) is 17.3 Å². The molecule has 0 bridgehead atoms. The summed E-state index contributed by atoms with van der Waals surface area (Å²) in [7, 11) is 0. The number of nitrogen functional groups attached to an aromatic ring is 1. The number of rotatable bonds is 6. The van der Waals surface area contributed by atoms with Gasteiger partial charge in [0.15, 0.2) is 0 Å². The number of nitrogens with zero attached hydrogens (tertiary/aromatic N) is 3. The van der Waals surface area contributed by atoms with Crippen molar-refractivity contribution in [3.63, 3.8) is 0 Å². The molecule has 1 heterocycles. The Morgan fingerprint density at radius 3 is 2.81 bits per heavy atom. The van der Waals surface area contributed by atoms with Gasteiger partial charge in [-0.15, -0.1) is 0 Å². The van der Waals surface area contributed by atoms with E-state index < -0.39 is 4.92 Å². The number of thioether (sulfide) groups is 1. The Morgan fingerprint density at radius 1 is 1.56 bits per heavy atom. The van der Waals surface area contributed by atoms with Crippen molar-refractivity contribution in [2.24, 2.45) is 5.84 Å². The van der Waals surface area contributed by atoms with Crippen LogP contribution >= 0.6 is 11.8 Å².